The van der Waals surface area contributed by atoms with E-state index in [0.717, 1.165) is 19.4 Å². The van der Waals surface area contributed by atoms with Crippen LogP contribution in [0.3, 0.4) is 0 Å². The quantitative estimate of drug-likeness (QED) is 0.374. The zero-order valence-electron chi connectivity index (χ0n) is 14.6. The van der Waals surface area contributed by atoms with Gasteiger partial charge in [0, 0.05) is 10.0 Å². The normalized spacial score (nSPS) is 14.8. The highest BCUT2D eigenvalue weighted by Crippen LogP contribution is 2.41. The van der Waals surface area contributed by atoms with E-state index in [1.165, 1.54) is 6.42 Å². The van der Waals surface area contributed by atoms with E-state index < -0.39 is 0 Å². The first-order valence-corrected chi connectivity index (χ1v) is 8.57. The molecule has 0 aliphatic rings. The van der Waals surface area contributed by atoms with Crippen LogP contribution in [0, 0.1) is 10.8 Å². The Balaban J connectivity index is 4.19. The maximum Gasteiger partial charge on any atom is 0.0626 e. The third-order valence-electron chi connectivity index (χ3n) is 4.31. The summed E-state index contributed by atoms with van der Waals surface area (Å²) in [5.74, 6) is 0. The molecular formula is C17H35IO. The highest BCUT2D eigenvalue weighted by molar-refractivity contribution is 14.1. The number of hydrogen-bond donors (Lipinski definition) is 0. The average Bonchev–Trinajstić information content (AvgIpc) is 2.11. The summed E-state index contributed by atoms with van der Waals surface area (Å²) in [6.07, 6.45) is 3.45. The molecule has 0 rings (SSSR count). The Kier molecular flexibility index (Phi) is 6.88. The SMILES string of the molecule is CC(C)(C)CCC(C)(C)OCCC(C)(C)C(C)(C)I. The van der Waals surface area contributed by atoms with Crippen molar-refractivity contribution < 1.29 is 4.74 Å². The summed E-state index contributed by atoms with van der Waals surface area (Å²) < 4.78 is 6.45. The van der Waals surface area contributed by atoms with E-state index in [1.807, 2.05) is 0 Å². The lowest BCUT2D eigenvalue weighted by Crippen LogP contribution is -2.35. The smallest absolute Gasteiger partial charge is 0.0626 e. The lowest BCUT2D eigenvalue weighted by Gasteiger charge is -2.38. The molecule has 1 nitrogen and oxygen atoms in total. The Morgan fingerprint density at radius 2 is 1.21 bits per heavy atom. The largest absolute Gasteiger partial charge is 0.376 e. The molecule has 2 heteroatoms. The van der Waals surface area contributed by atoms with E-state index in [4.69, 9.17) is 4.74 Å². The molecule has 0 fully saturated rings. The van der Waals surface area contributed by atoms with Gasteiger partial charge >= 0.3 is 0 Å². The van der Waals surface area contributed by atoms with Crippen LogP contribution < -0.4 is 0 Å². The second kappa shape index (κ2) is 6.64. The minimum atomic E-state index is -0.00121. The van der Waals surface area contributed by atoms with E-state index in [0.29, 0.717) is 14.3 Å². The molecule has 116 valence electrons. The molecular weight excluding hydrogens is 347 g/mol. The van der Waals surface area contributed by atoms with Gasteiger partial charge in [0.25, 0.3) is 0 Å². The van der Waals surface area contributed by atoms with E-state index in [2.05, 4.69) is 84.9 Å². The van der Waals surface area contributed by atoms with Gasteiger partial charge in [-0.3, -0.25) is 0 Å². The molecule has 0 aliphatic carbocycles. The topological polar surface area (TPSA) is 9.23 Å². The Labute approximate surface area is 135 Å². The molecule has 0 saturated heterocycles. The first-order valence-electron chi connectivity index (χ1n) is 7.49. The molecule has 0 amide bonds. The fourth-order valence-electron chi connectivity index (χ4n) is 1.63. The minimum absolute atomic E-state index is 0.00121. The summed E-state index contributed by atoms with van der Waals surface area (Å²) in [4.78, 5) is 0. The van der Waals surface area contributed by atoms with Crippen molar-refractivity contribution in [2.75, 3.05) is 6.61 Å². The first kappa shape index (κ1) is 19.7. The average molecular weight is 382 g/mol. The zero-order chi connectivity index (χ0) is 15.5. The minimum Gasteiger partial charge on any atom is -0.376 e. The van der Waals surface area contributed by atoms with Crippen molar-refractivity contribution in [3.63, 3.8) is 0 Å². The maximum atomic E-state index is 6.15. The number of alkyl halides is 1. The Morgan fingerprint density at radius 3 is 1.58 bits per heavy atom. The molecule has 0 spiro atoms. The van der Waals surface area contributed by atoms with Crippen LogP contribution in [-0.2, 0) is 4.74 Å². The molecule has 0 aromatic rings. The number of hydrogen-bond acceptors (Lipinski definition) is 1. The van der Waals surface area contributed by atoms with Gasteiger partial charge in [-0.15, -0.1) is 0 Å². The van der Waals surface area contributed by atoms with Gasteiger partial charge in [-0.1, -0.05) is 71.1 Å². The van der Waals surface area contributed by atoms with Crippen molar-refractivity contribution in [1.29, 1.82) is 0 Å². The predicted octanol–water partition coefficient (Wildman–Crippen LogP) is 6.24. The van der Waals surface area contributed by atoms with Gasteiger partial charge in [-0.05, 0) is 43.9 Å². The molecule has 0 aliphatic heterocycles. The number of halogens is 1. The van der Waals surface area contributed by atoms with Crippen molar-refractivity contribution >= 4 is 22.6 Å². The summed E-state index contributed by atoms with van der Waals surface area (Å²) in [7, 11) is 0. The van der Waals surface area contributed by atoms with Crippen molar-refractivity contribution in [3.05, 3.63) is 0 Å². The van der Waals surface area contributed by atoms with Gasteiger partial charge in [0.1, 0.15) is 0 Å². The maximum absolute atomic E-state index is 6.15. The lowest BCUT2D eigenvalue weighted by molar-refractivity contribution is -0.0415. The summed E-state index contributed by atoms with van der Waals surface area (Å²) in [6, 6.07) is 0. The Hall–Kier alpha value is 0.690. The summed E-state index contributed by atoms with van der Waals surface area (Å²) in [5, 5.41) is 0. The molecule has 0 saturated carbocycles. The third kappa shape index (κ3) is 8.54. The van der Waals surface area contributed by atoms with Crippen LogP contribution in [0.4, 0.5) is 0 Å². The van der Waals surface area contributed by atoms with E-state index in [9.17, 15) is 0 Å². The van der Waals surface area contributed by atoms with Gasteiger partial charge in [-0.2, -0.15) is 0 Å². The molecule has 0 radical (unpaired) electrons. The van der Waals surface area contributed by atoms with Crippen LogP contribution in [-0.4, -0.2) is 15.6 Å². The Morgan fingerprint density at radius 1 is 0.737 bits per heavy atom. The predicted molar refractivity (Wildman–Crippen MR) is 95.2 cm³/mol. The van der Waals surface area contributed by atoms with Gasteiger partial charge in [-0.25, -0.2) is 0 Å². The van der Waals surface area contributed by atoms with Crippen LogP contribution in [0.15, 0.2) is 0 Å². The zero-order valence-corrected chi connectivity index (χ0v) is 16.8. The van der Waals surface area contributed by atoms with Crippen molar-refractivity contribution in [2.24, 2.45) is 10.8 Å². The van der Waals surface area contributed by atoms with E-state index in [1.54, 1.807) is 0 Å². The van der Waals surface area contributed by atoms with E-state index in [-0.39, 0.29) is 5.60 Å². The second-order valence-electron chi connectivity index (χ2n) is 8.78. The monoisotopic (exact) mass is 382 g/mol. The number of rotatable bonds is 7. The number of ether oxygens (including phenoxy) is 1. The summed E-state index contributed by atoms with van der Waals surface area (Å²) in [6.45, 7) is 21.5. The van der Waals surface area contributed by atoms with Crippen molar-refractivity contribution in [2.45, 2.75) is 90.6 Å². The van der Waals surface area contributed by atoms with Crippen LogP contribution in [0.25, 0.3) is 0 Å². The fraction of sp³-hybridized carbons (Fsp3) is 1.00. The molecule has 0 aromatic heterocycles. The summed E-state index contributed by atoms with van der Waals surface area (Å²) in [5.41, 5.74) is 0.691. The van der Waals surface area contributed by atoms with Crippen LogP contribution >= 0.6 is 22.6 Å². The molecule has 0 unspecified atom stereocenters. The van der Waals surface area contributed by atoms with Crippen LogP contribution in [0.1, 0.15) is 81.6 Å². The highest BCUT2D eigenvalue weighted by atomic mass is 127. The van der Waals surface area contributed by atoms with Crippen LogP contribution in [0.5, 0.6) is 0 Å². The molecule has 0 bridgehead atoms. The fourth-order valence-corrected chi connectivity index (χ4v) is 1.90. The molecule has 0 N–H and O–H groups in total. The van der Waals surface area contributed by atoms with Gasteiger partial charge in [0.05, 0.1) is 5.60 Å². The standard InChI is InChI=1S/C17H35IO/c1-14(2,3)10-11-16(6,7)19-13-12-15(4,5)17(8,9)18/h10-13H2,1-9H3. The molecule has 0 atom stereocenters. The Bertz CT molecular complexity index is 266. The molecule has 0 heterocycles. The summed E-state index contributed by atoms with van der Waals surface area (Å²) >= 11 is 2.55. The first-order chi connectivity index (χ1) is 8.16. The second-order valence-corrected chi connectivity index (χ2v) is 11.5. The molecule has 19 heavy (non-hydrogen) atoms. The van der Waals surface area contributed by atoms with Crippen molar-refractivity contribution in [3.8, 4) is 0 Å². The van der Waals surface area contributed by atoms with Gasteiger partial charge in [0.2, 0.25) is 0 Å². The van der Waals surface area contributed by atoms with Crippen molar-refractivity contribution in [1.82, 2.24) is 0 Å². The van der Waals surface area contributed by atoms with Gasteiger partial charge < -0.3 is 4.74 Å². The lowest BCUT2D eigenvalue weighted by atomic mass is 9.78. The van der Waals surface area contributed by atoms with Crippen LogP contribution in [0.2, 0.25) is 0 Å². The van der Waals surface area contributed by atoms with E-state index >= 15 is 0 Å². The molecule has 0 aromatic carbocycles. The highest BCUT2D eigenvalue weighted by Gasteiger charge is 2.34. The van der Waals surface area contributed by atoms with Gasteiger partial charge in [0.15, 0.2) is 0 Å². The third-order valence-corrected chi connectivity index (χ3v) is 5.77.